The molecule has 0 radical (unpaired) electrons. The smallest absolute Gasteiger partial charge is 0.0492 e. The highest BCUT2D eigenvalue weighted by molar-refractivity contribution is 5.96. The number of aryl methyl sites for hydroxylation is 3. The van der Waals surface area contributed by atoms with Crippen molar-refractivity contribution < 1.29 is 0 Å². The minimum atomic E-state index is 0.136. The standard InChI is InChI=1S/C21H32N2/c1-11(2)17-15(6)23(21(7,8)9)16-10-12(3)20-18(19(16)17)13(4)14(5)22-20/h10-11,15,17,22H,1-9H3. The van der Waals surface area contributed by atoms with Crippen LogP contribution in [0.3, 0.4) is 0 Å². The first-order chi connectivity index (χ1) is 10.6. The Kier molecular flexibility index (Phi) is 3.59. The van der Waals surface area contributed by atoms with Crippen molar-refractivity contribution in [2.45, 2.75) is 79.8 Å². The summed E-state index contributed by atoms with van der Waals surface area (Å²) in [7, 11) is 0. The van der Waals surface area contributed by atoms with Crippen molar-refractivity contribution in [1.29, 1.82) is 0 Å². The van der Waals surface area contributed by atoms with Crippen LogP contribution in [-0.4, -0.2) is 16.6 Å². The number of hydrogen-bond acceptors (Lipinski definition) is 1. The molecule has 0 fully saturated rings. The molecule has 0 spiro atoms. The van der Waals surface area contributed by atoms with Crippen LogP contribution in [0.2, 0.25) is 0 Å². The summed E-state index contributed by atoms with van der Waals surface area (Å²) in [4.78, 5) is 6.29. The molecule has 3 rings (SSSR count). The first-order valence-electron chi connectivity index (χ1n) is 8.97. The summed E-state index contributed by atoms with van der Waals surface area (Å²) in [6.45, 7) is 20.9. The van der Waals surface area contributed by atoms with Crippen molar-refractivity contribution in [3.63, 3.8) is 0 Å². The second-order valence-electron chi connectivity index (χ2n) is 8.80. The predicted octanol–water partition coefficient (Wildman–Crippen LogP) is 5.84. The maximum absolute atomic E-state index is 3.63. The molecule has 0 amide bonds. The monoisotopic (exact) mass is 312 g/mol. The van der Waals surface area contributed by atoms with Gasteiger partial charge < -0.3 is 9.88 Å². The fourth-order valence-electron chi connectivity index (χ4n) is 4.85. The first kappa shape index (κ1) is 16.4. The van der Waals surface area contributed by atoms with Crippen LogP contribution >= 0.6 is 0 Å². The summed E-state index contributed by atoms with van der Waals surface area (Å²) < 4.78 is 0. The third-order valence-electron chi connectivity index (χ3n) is 5.75. The fraction of sp³-hybridized carbons (Fsp3) is 0.619. The van der Waals surface area contributed by atoms with Crippen molar-refractivity contribution in [3.8, 4) is 0 Å². The number of H-pyrrole nitrogens is 1. The van der Waals surface area contributed by atoms with E-state index in [2.05, 4.69) is 78.3 Å². The van der Waals surface area contributed by atoms with E-state index in [1.54, 1.807) is 5.56 Å². The molecule has 0 saturated carbocycles. The minimum absolute atomic E-state index is 0.136. The SMILES string of the molecule is Cc1[nH]c2c(C)cc3c(c2c1C)C(C(C)C)C(C)N3C(C)(C)C. The molecule has 2 unspecified atom stereocenters. The van der Waals surface area contributed by atoms with Crippen LogP contribution in [0.25, 0.3) is 10.9 Å². The van der Waals surface area contributed by atoms with E-state index in [-0.39, 0.29) is 5.54 Å². The Morgan fingerprint density at radius 1 is 1.13 bits per heavy atom. The van der Waals surface area contributed by atoms with Gasteiger partial charge in [0.2, 0.25) is 0 Å². The van der Waals surface area contributed by atoms with Gasteiger partial charge in [-0.05, 0) is 77.1 Å². The Morgan fingerprint density at radius 3 is 2.26 bits per heavy atom. The van der Waals surface area contributed by atoms with Crippen LogP contribution in [-0.2, 0) is 0 Å². The summed E-state index contributed by atoms with van der Waals surface area (Å²) in [5.41, 5.74) is 8.60. The number of fused-ring (bicyclic) bond motifs is 3. The number of anilines is 1. The average Bonchev–Trinajstić information content (AvgIpc) is 2.85. The molecule has 2 heterocycles. The number of aromatic amines is 1. The van der Waals surface area contributed by atoms with Gasteiger partial charge in [0.1, 0.15) is 0 Å². The fourth-order valence-corrected chi connectivity index (χ4v) is 4.85. The van der Waals surface area contributed by atoms with E-state index in [1.165, 1.54) is 33.4 Å². The van der Waals surface area contributed by atoms with Crippen LogP contribution in [0.1, 0.15) is 69.8 Å². The van der Waals surface area contributed by atoms with Crippen molar-refractivity contribution in [2.24, 2.45) is 5.92 Å². The molecule has 1 aromatic heterocycles. The molecule has 2 nitrogen and oxygen atoms in total. The Morgan fingerprint density at radius 2 is 1.74 bits per heavy atom. The van der Waals surface area contributed by atoms with Gasteiger partial charge in [-0.3, -0.25) is 0 Å². The van der Waals surface area contributed by atoms with E-state index in [1.807, 2.05) is 0 Å². The molecule has 0 bridgehead atoms. The topological polar surface area (TPSA) is 19.0 Å². The molecular weight excluding hydrogens is 280 g/mol. The molecule has 0 saturated heterocycles. The number of benzene rings is 1. The van der Waals surface area contributed by atoms with Crippen molar-refractivity contribution in [1.82, 2.24) is 4.98 Å². The van der Waals surface area contributed by atoms with E-state index in [0.717, 1.165) is 0 Å². The highest BCUT2D eigenvalue weighted by Gasteiger charge is 2.43. The maximum atomic E-state index is 3.63. The van der Waals surface area contributed by atoms with E-state index < -0.39 is 0 Å². The lowest BCUT2D eigenvalue weighted by molar-refractivity contribution is 0.387. The van der Waals surface area contributed by atoms with Crippen LogP contribution in [0.5, 0.6) is 0 Å². The van der Waals surface area contributed by atoms with Crippen LogP contribution < -0.4 is 4.90 Å². The third-order valence-corrected chi connectivity index (χ3v) is 5.75. The molecule has 23 heavy (non-hydrogen) atoms. The molecule has 2 aromatic rings. The van der Waals surface area contributed by atoms with Crippen LogP contribution in [0.15, 0.2) is 6.07 Å². The number of rotatable bonds is 1. The highest BCUT2D eigenvalue weighted by Crippen LogP contribution is 2.52. The van der Waals surface area contributed by atoms with Gasteiger partial charge >= 0.3 is 0 Å². The molecule has 1 N–H and O–H groups in total. The summed E-state index contributed by atoms with van der Waals surface area (Å²) in [6, 6.07) is 2.95. The lowest BCUT2D eigenvalue weighted by Crippen LogP contribution is -2.46. The third kappa shape index (κ3) is 2.21. The molecule has 2 atom stereocenters. The van der Waals surface area contributed by atoms with Gasteiger partial charge in [-0.2, -0.15) is 0 Å². The molecule has 1 aliphatic heterocycles. The largest absolute Gasteiger partial charge is 0.363 e. The summed E-state index contributed by atoms with van der Waals surface area (Å²) >= 11 is 0. The summed E-state index contributed by atoms with van der Waals surface area (Å²) in [6.07, 6.45) is 0. The van der Waals surface area contributed by atoms with E-state index >= 15 is 0 Å². The van der Waals surface area contributed by atoms with Crippen LogP contribution in [0.4, 0.5) is 5.69 Å². The van der Waals surface area contributed by atoms with Crippen molar-refractivity contribution >= 4 is 16.6 Å². The number of nitrogens with zero attached hydrogens (tertiary/aromatic N) is 1. The molecule has 0 aliphatic carbocycles. The Bertz CT molecular complexity index is 758. The maximum Gasteiger partial charge on any atom is 0.0492 e. The Balaban J connectivity index is 2.43. The van der Waals surface area contributed by atoms with Crippen LogP contribution in [0, 0.1) is 26.7 Å². The Hall–Kier alpha value is -1.44. The van der Waals surface area contributed by atoms with E-state index in [9.17, 15) is 0 Å². The summed E-state index contributed by atoms with van der Waals surface area (Å²) in [5.74, 6) is 1.22. The zero-order chi connectivity index (χ0) is 17.3. The minimum Gasteiger partial charge on any atom is -0.363 e. The second-order valence-corrected chi connectivity index (χ2v) is 8.80. The molecule has 1 aliphatic rings. The average molecular weight is 313 g/mol. The van der Waals surface area contributed by atoms with Gasteiger partial charge in [0.25, 0.3) is 0 Å². The van der Waals surface area contributed by atoms with Gasteiger partial charge in [-0.15, -0.1) is 0 Å². The van der Waals surface area contributed by atoms with Gasteiger partial charge in [0.15, 0.2) is 0 Å². The molecule has 2 heteroatoms. The van der Waals surface area contributed by atoms with Gasteiger partial charge in [-0.25, -0.2) is 0 Å². The van der Waals surface area contributed by atoms with Crippen molar-refractivity contribution in [2.75, 3.05) is 4.90 Å². The van der Waals surface area contributed by atoms with Gasteiger partial charge in [-0.1, -0.05) is 13.8 Å². The predicted molar refractivity (Wildman–Crippen MR) is 102 cm³/mol. The highest BCUT2D eigenvalue weighted by atomic mass is 15.2. The Labute approximate surface area is 141 Å². The quantitative estimate of drug-likeness (QED) is 0.701. The normalized spacial score (nSPS) is 21.6. The molecule has 1 aromatic carbocycles. The van der Waals surface area contributed by atoms with E-state index in [4.69, 9.17) is 0 Å². The molecule has 126 valence electrons. The molecular formula is C21H32N2. The first-order valence-corrected chi connectivity index (χ1v) is 8.97. The van der Waals surface area contributed by atoms with Crippen molar-refractivity contribution in [3.05, 3.63) is 28.5 Å². The van der Waals surface area contributed by atoms with Gasteiger partial charge in [0, 0.05) is 39.8 Å². The lowest BCUT2D eigenvalue weighted by Gasteiger charge is -2.40. The summed E-state index contributed by atoms with van der Waals surface area (Å²) in [5, 5.41) is 1.48. The lowest BCUT2D eigenvalue weighted by atomic mass is 9.83. The number of hydrogen-bond donors (Lipinski definition) is 1. The van der Waals surface area contributed by atoms with E-state index in [0.29, 0.717) is 17.9 Å². The zero-order valence-electron chi connectivity index (χ0n) is 16.3. The van der Waals surface area contributed by atoms with Gasteiger partial charge in [0.05, 0.1) is 0 Å². The number of aromatic nitrogens is 1. The number of nitrogens with one attached hydrogen (secondary N) is 1. The second kappa shape index (κ2) is 5.03. The zero-order valence-corrected chi connectivity index (χ0v) is 16.3.